The van der Waals surface area contributed by atoms with Gasteiger partial charge in [0.05, 0.1) is 30.4 Å². The number of hydrogen-bond donors (Lipinski definition) is 1. The van der Waals surface area contributed by atoms with Gasteiger partial charge < -0.3 is 10.0 Å². The van der Waals surface area contributed by atoms with Crippen LogP contribution in [0.2, 0.25) is 5.02 Å². The number of hydrogen-bond acceptors (Lipinski definition) is 4. The molecule has 1 N–H and O–H groups in total. The highest BCUT2D eigenvalue weighted by molar-refractivity contribution is 6.30. The lowest BCUT2D eigenvalue weighted by Crippen LogP contribution is -2.36. The molecule has 1 aliphatic heterocycles. The lowest BCUT2D eigenvalue weighted by molar-refractivity contribution is 0.145. The summed E-state index contributed by atoms with van der Waals surface area (Å²) in [5, 5.41) is 10.4. The van der Waals surface area contributed by atoms with Gasteiger partial charge in [-0.1, -0.05) is 23.7 Å². The Morgan fingerprint density at radius 3 is 2.52 bits per heavy atom. The van der Waals surface area contributed by atoms with E-state index in [0.29, 0.717) is 0 Å². The first-order valence-electron chi connectivity index (χ1n) is 7.73. The van der Waals surface area contributed by atoms with Crippen LogP contribution in [-0.4, -0.2) is 38.7 Å². The summed E-state index contributed by atoms with van der Waals surface area (Å²) in [4.78, 5) is 11.1. The number of benzene rings is 1. The van der Waals surface area contributed by atoms with Crippen molar-refractivity contribution in [2.24, 2.45) is 0 Å². The molecule has 23 heavy (non-hydrogen) atoms. The molecular weight excluding hydrogens is 312 g/mol. The van der Waals surface area contributed by atoms with E-state index in [-0.39, 0.29) is 6.10 Å². The first kappa shape index (κ1) is 14.5. The van der Waals surface area contributed by atoms with E-state index in [1.54, 1.807) is 6.20 Å². The molecule has 0 spiro atoms. The van der Waals surface area contributed by atoms with Crippen LogP contribution in [0, 0.1) is 0 Å². The van der Waals surface area contributed by atoms with Crippen LogP contribution in [0.25, 0.3) is 16.9 Å². The van der Waals surface area contributed by atoms with Crippen LogP contribution in [0.3, 0.4) is 0 Å². The van der Waals surface area contributed by atoms with E-state index in [1.165, 1.54) is 0 Å². The molecule has 0 amide bonds. The van der Waals surface area contributed by atoms with Crippen molar-refractivity contribution >= 4 is 23.1 Å². The fourth-order valence-electron chi connectivity index (χ4n) is 3.07. The zero-order valence-corrected chi connectivity index (χ0v) is 13.3. The standard InChI is InChI=1S/C17H17ClN4O/c18-13-3-1-12(2-4-13)15-9-20-16-10-19-11-17(22(15)16)21-7-5-14(23)6-8-21/h1-4,9-11,14,23H,5-8H2. The monoisotopic (exact) mass is 328 g/mol. The number of fused-ring (bicyclic) bond motifs is 1. The van der Waals surface area contributed by atoms with Crippen molar-refractivity contribution in [1.29, 1.82) is 0 Å². The van der Waals surface area contributed by atoms with Crippen LogP contribution in [0.1, 0.15) is 12.8 Å². The first-order valence-corrected chi connectivity index (χ1v) is 8.10. The number of aromatic nitrogens is 3. The Balaban J connectivity index is 1.82. The smallest absolute Gasteiger partial charge is 0.157 e. The molecule has 0 radical (unpaired) electrons. The number of anilines is 1. The molecule has 1 saturated heterocycles. The van der Waals surface area contributed by atoms with Gasteiger partial charge in [-0.15, -0.1) is 0 Å². The lowest BCUT2D eigenvalue weighted by atomic mass is 10.1. The summed E-state index contributed by atoms with van der Waals surface area (Å²) in [5.41, 5.74) is 2.89. The highest BCUT2D eigenvalue weighted by atomic mass is 35.5. The van der Waals surface area contributed by atoms with Crippen molar-refractivity contribution in [2.75, 3.05) is 18.0 Å². The maximum absolute atomic E-state index is 9.73. The zero-order chi connectivity index (χ0) is 15.8. The lowest BCUT2D eigenvalue weighted by Gasteiger charge is -2.31. The van der Waals surface area contributed by atoms with Crippen molar-refractivity contribution < 1.29 is 5.11 Å². The molecular formula is C17H17ClN4O. The molecule has 2 aromatic heterocycles. The number of imidazole rings is 1. The van der Waals surface area contributed by atoms with Crippen molar-refractivity contribution in [3.8, 4) is 11.3 Å². The minimum Gasteiger partial charge on any atom is -0.393 e. The van der Waals surface area contributed by atoms with Crippen LogP contribution in [0.15, 0.2) is 42.9 Å². The van der Waals surface area contributed by atoms with Gasteiger partial charge in [-0.05, 0) is 25.0 Å². The Bertz CT molecular complexity index is 822. The van der Waals surface area contributed by atoms with Crippen LogP contribution in [0.4, 0.5) is 5.82 Å². The van der Waals surface area contributed by atoms with Gasteiger partial charge in [0.15, 0.2) is 5.65 Å². The molecule has 1 aliphatic rings. The van der Waals surface area contributed by atoms with E-state index in [4.69, 9.17) is 11.6 Å². The molecule has 0 bridgehead atoms. The molecule has 3 aromatic rings. The Hall–Kier alpha value is -2.11. The van der Waals surface area contributed by atoms with Gasteiger partial charge >= 0.3 is 0 Å². The number of aliphatic hydroxyl groups excluding tert-OH is 1. The second-order valence-electron chi connectivity index (χ2n) is 5.83. The fourth-order valence-corrected chi connectivity index (χ4v) is 3.19. The third kappa shape index (κ3) is 2.66. The highest BCUT2D eigenvalue weighted by Crippen LogP contribution is 2.28. The average molecular weight is 329 g/mol. The second-order valence-corrected chi connectivity index (χ2v) is 6.26. The SMILES string of the molecule is OC1CCN(c2cncc3ncc(-c4ccc(Cl)cc4)n23)CC1. The Kier molecular flexibility index (Phi) is 3.67. The maximum atomic E-state index is 9.73. The highest BCUT2D eigenvalue weighted by Gasteiger charge is 2.20. The largest absolute Gasteiger partial charge is 0.393 e. The minimum atomic E-state index is -0.197. The van der Waals surface area contributed by atoms with Gasteiger partial charge in [0, 0.05) is 23.7 Å². The number of halogens is 1. The molecule has 4 rings (SSSR count). The van der Waals surface area contributed by atoms with E-state index in [2.05, 4.69) is 19.3 Å². The van der Waals surface area contributed by atoms with E-state index in [9.17, 15) is 5.11 Å². The molecule has 6 heteroatoms. The molecule has 118 valence electrons. The van der Waals surface area contributed by atoms with Crippen molar-refractivity contribution in [3.05, 3.63) is 47.9 Å². The Morgan fingerprint density at radius 2 is 1.78 bits per heavy atom. The average Bonchev–Trinajstić information content (AvgIpc) is 3.00. The van der Waals surface area contributed by atoms with Crippen molar-refractivity contribution in [2.45, 2.75) is 18.9 Å². The minimum absolute atomic E-state index is 0.197. The summed E-state index contributed by atoms with van der Waals surface area (Å²) in [6, 6.07) is 7.76. The van der Waals surface area contributed by atoms with Gasteiger partial charge in [0.2, 0.25) is 0 Å². The molecule has 0 saturated carbocycles. The van der Waals surface area contributed by atoms with Gasteiger partial charge in [0.25, 0.3) is 0 Å². The van der Waals surface area contributed by atoms with Crippen LogP contribution >= 0.6 is 11.6 Å². The van der Waals surface area contributed by atoms with Crippen molar-refractivity contribution in [3.63, 3.8) is 0 Å². The maximum Gasteiger partial charge on any atom is 0.157 e. The van der Waals surface area contributed by atoms with E-state index in [0.717, 1.165) is 53.7 Å². The van der Waals surface area contributed by atoms with Crippen LogP contribution < -0.4 is 4.90 Å². The fraction of sp³-hybridized carbons (Fsp3) is 0.294. The van der Waals surface area contributed by atoms with Gasteiger partial charge in [-0.3, -0.25) is 9.38 Å². The number of nitrogens with zero attached hydrogens (tertiary/aromatic N) is 4. The summed E-state index contributed by atoms with van der Waals surface area (Å²) < 4.78 is 2.12. The van der Waals surface area contributed by atoms with Crippen molar-refractivity contribution in [1.82, 2.24) is 14.4 Å². The molecule has 5 nitrogen and oxygen atoms in total. The predicted molar refractivity (Wildman–Crippen MR) is 90.9 cm³/mol. The number of rotatable bonds is 2. The molecule has 0 aliphatic carbocycles. The number of aliphatic hydroxyl groups is 1. The van der Waals surface area contributed by atoms with Gasteiger partial charge in [-0.2, -0.15) is 0 Å². The molecule has 0 atom stereocenters. The molecule has 1 aromatic carbocycles. The van der Waals surface area contributed by atoms with E-state index < -0.39 is 0 Å². The summed E-state index contributed by atoms with van der Waals surface area (Å²) in [6.07, 6.45) is 6.86. The molecule has 0 unspecified atom stereocenters. The molecule has 3 heterocycles. The van der Waals surface area contributed by atoms with E-state index >= 15 is 0 Å². The topological polar surface area (TPSA) is 53.7 Å². The third-order valence-corrected chi connectivity index (χ3v) is 4.58. The van der Waals surface area contributed by atoms with Crippen LogP contribution in [-0.2, 0) is 0 Å². The Labute approximate surface area is 139 Å². The summed E-state index contributed by atoms with van der Waals surface area (Å²) in [7, 11) is 0. The molecule has 1 fully saturated rings. The van der Waals surface area contributed by atoms with Crippen LogP contribution in [0.5, 0.6) is 0 Å². The number of piperidine rings is 1. The third-order valence-electron chi connectivity index (χ3n) is 4.33. The Morgan fingerprint density at radius 1 is 1.04 bits per heavy atom. The quantitative estimate of drug-likeness (QED) is 0.785. The van der Waals surface area contributed by atoms with E-state index in [1.807, 2.05) is 36.7 Å². The first-order chi connectivity index (χ1) is 11.2. The summed E-state index contributed by atoms with van der Waals surface area (Å²) in [5.74, 6) is 1.01. The predicted octanol–water partition coefficient (Wildman–Crippen LogP) is 3.01. The zero-order valence-electron chi connectivity index (χ0n) is 12.6. The van der Waals surface area contributed by atoms with Gasteiger partial charge in [0.1, 0.15) is 5.82 Å². The van der Waals surface area contributed by atoms with Gasteiger partial charge in [-0.25, -0.2) is 4.98 Å². The normalized spacial score (nSPS) is 16.2. The second kappa shape index (κ2) is 5.83. The summed E-state index contributed by atoms with van der Waals surface area (Å²) in [6.45, 7) is 1.64. The summed E-state index contributed by atoms with van der Waals surface area (Å²) >= 11 is 5.99.